The van der Waals surface area contributed by atoms with Crippen LogP contribution >= 0.6 is 0 Å². The Bertz CT molecular complexity index is 157. The van der Waals surface area contributed by atoms with Crippen LogP contribution in [-0.4, -0.2) is 83.9 Å². The van der Waals surface area contributed by atoms with Gasteiger partial charge in [0.15, 0.2) is 0 Å². The van der Waals surface area contributed by atoms with E-state index in [1.807, 2.05) is 0 Å². The van der Waals surface area contributed by atoms with Crippen LogP contribution in [0.5, 0.6) is 0 Å². The van der Waals surface area contributed by atoms with Gasteiger partial charge in [0.05, 0.1) is 5.25 Å². The fraction of sp³-hybridized carbons (Fsp3) is 1.00. The molecule has 1 atom stereocenters. The van der Waals surface area contributed by atoms with Gasteiger partial charge >= 0.3 is 59.1 Å². The predicted molar refractivity (Wildman–Crippen MR) is 44.4 cm³/mol. The molecule has 1 unspecified atom stereocenters. The van der Waals surface area contributed by atoms with Gasteiger partial charge in [0, 0.05) is 6.54 Å². The van der Waals surface area contributed by atoms with Crippen molar-refractivity contribution in [1.82, 2.24) is 0 Å². The van der Waals surface area contributed by atoms with Gasteiger partial charge in [0.2, 0.25) is 0 Å². The van der Waals surface area contributed by atoms with Crippen molar-refractivity contribution < 1.29 is 13.0 Å². The second-order valence-electron chi connectivity index (χ2n) is 1.56. The van der Waals surface area contributed by atoms with Gasteiger partial charge in [-0.15, -0.1) is 0 Å². The molecule has 0 heterocycles. The van der Waals surface area contributed by atoms with Crippen LogP contribution in [0.4, 0.5) is 0 Å². The molecule has 0 aliphatic carbocycles. The summed E-state index contributed by atoms with van der Waals surface area (Å²) in [5.74, 6) is 0. The van der Waals surface area contributed by atoms with Crippen molar-refractivity contribution in [3.05, 3.63) is 0 Å². The standard InChI is InChI=1S/C3H9NO3S.2Na.2H/c1-3(2-4)8(5,6)7;;;;/h3H,2,4H2,1H3,(H,5,6,7);;;;. The molecule has 0 saturated heterocycles. The third-order valence-electron chi connectivity index (χ3n) is 0.840. The van der Waals surface area contributed by atoms with Crippen molar-refractivity contribution in [3.63, 3.8) is 0 Å². The van der Waals surface area contributed by atoms with Crippen molar-refractivity contribution in [1.29, 1.82) is 0 Å². The molecule has 0 fully saturated rings. The monoisotopic (exact) mass is 187 g/mol. The molecule has 10 heavy (non-hydrogen) atoms. The number of rotatable bonds is 2. The first-order valence-electron chi connectivity index (χ1n) is 2.15. The van der Waals surface area contributed by atoms with Crippen molar-refractivity contribution in [2.75, 3.05) is 6.54 Å². The minimum absolute atomic E-state index is 0. The van der Waals surface area contributed by atoms with Crippen LogP contribution in [0.25, 0.3) is 0 Å². The van der Waals surface area contributed by atoms with Crippen LogP contribution in [0.3, 0.4) is 0 Å². The Hall–Kier alpha value is 1.87. The van der Waals surface area contributed by atoms with Gasteiger partial charge in [-0.3, -0.25) is 4.55 Å². The first kappa shape index (κ1) is 17.8. The van der Waals surface area contributed by atoms with E-state index in [0.717, 1.165) is 0 Å². The molecule has 0 rings (SSSR count). The molecule has 4 nitrogen and oxygen atoms in total. The zero-order chi connectivity index (χ0) is 6.78. The van der Waals surface area contributed by atoms with Gasteiger partial charge in [0.1, 0.15) is 0 Å². The van der Waals surface area contributed by atoms with Crippen molar-refractivity contribution in [3.8, 4) is 0 Å². The van der Waals surface area contributed by atoms with Gasteiger partial charge in [-0.1, -0.05) is 0 Å². The molecule has 0 aliphatic heterocycles. The molecule has 0 radical (unpaired) electrons. The van der Waals surface area contributed by atoms with Crippen LogP contribution in [0.15, 0.2) is 0 Å². The summed E-state index contributed by atoms with van der Waals surface area (Å²) in [4.78, 5) is 0. The van der Waals surface area contributed by atoms with E-state index in [-0.39, 0.29) is 65.7 Å². The second-order valence-corrected chi connectivity index (χ2v) is 3.40. The number of hydrogen-bond donors (Lipinski definition) is 2. The van der Waals surface area contributed by atoms with E-state index in [9.17, 15) is 8.42 Å². The van der Waals surface area contributed by atoms with Gasteiger partial charge in [-0.05, 0) is 6.92 Å². The first-order valence-corrected chi connectivity index (χ1v) is 3.65. The summed E-state index contributed by atoms with van der Waals surface area (Å²) in [6.45, 7) is 1.30. The molecular weight excluding hydrogens is 176 g/mol. The van der Waals surface area contributed by atoms with Crippen LogP contribution in [-0.2, 0) is 10.1 Å². The number of nitrogens with two attached hydrogens (primary N) is 1. The zero-order valence-electron chi connectivity index (χ0n) is 4.53. The Morgan fingerprint density at radius 1 is 1.50 bits per heavy atom. The Morgan fingerprint density at radius 3 is 1.80 bits per heavy atom. The van der Waals surface area contributed by atoms with E-state index in [1.165, 1.54) is 6.92 Å². The van der Waals surface area contributed by atoms with E-state index < -0.39 is 15.4 Å². The van der Waals surface area contributed by atoms with Crippen LogP contribution in [0.1, 0.15) is 6.92 Å². The third-order valence-corrected chi connectivity index (χ3v) is 2.05. The maximum absolute atomic E-state index is 10.0. The average molecular weight is 187 g/mol. The summed E-state index contributed by atoms with van der Waals surface area (Å²) in [5.41, 5.74) is 4.92. The molecule has 0 aromatic rings. The third kappa shape index (κ3) is 7.97. The molecule has 0 aromatic heterocycles. The molecule has 0 aromatic carbocycles. The van der Waals surface area contributed by atoms with E-state index in [2.05, 4.69) is 0 Å². The fourth-order valence-electron chi connectivity index (χ4n) is 0.122. The zero-order valence-corrected chi connectivity index (χ0v) is 5.35. The molecule has 0 amide bonds. The van der Waals surface area contributed by atoms with E-state index in [0.29, 0.717) is 0 Å². The summed E-state index contributed by atoms with van der Waals surface area (Å²) in [7, 11) is -3.88. The Morgan fingerprint density at radius 2 is 1.80 bits per heavy atom. The van der Waals surface area contributed by atoms with Gasteiger partial charge in [-0.2, -0.15) is 8.42 Å². The first-order chi connectivity index (χ1) is 3.48. The summed E-state index contributed by atoms with van der Waals surface area (Å²) >= 11 is 0. The minimum atomic E-state index is -3.88. The Balaban J connectivity index is -0.000000245. The summed E-state index contributed by atoms with van der Waals surface area (Å²) < 4.78 is 28.3. The average Bonchev–Trinajstić information content (AvgIpc) is 1.62. The van der Waals surface area contributed by atoms with Crippen molar-refractivity contribution in [2.24, 2.45) is 5.73 Å². The fourth-order valence-corrected chi connectivity index (χ4v) is 0.365. The quantitative estimate of drug-likeness (QED) is 0.384. The van der Waals surface area contributed by atoms with Crippen LogP contribution in [0.2, 0.25) is 0 Å². The van der Waals surface area contributed by atoms with Crippen LogP contribution < -0.4 is 5.73 Å². The number of hydrogen-bond acceptors (Lipinski definition) is 3. The Labute approximate surface area is 105 Å². The van der Waals surface area contributed by atoms with Crippen LogP contribution in [0, 0.1) is 0 Å². The topological polar surface area (TPSA) is 80.4 Å². The summed E-state index contributed by atoms with van der Waals surface area (Å²) in [6, 6.07) is 0. The second kappa shape index (κ2) is 7.52. The molecule has 54 valence electrons. The molecular formula is C3H11NNa2O3S. The van der Waals surface area contributed by atoms with E-state index in [4.69, 9.17) is 10.3 Å². The van der Waals surface area contributed by atoms with Gasteiger partial charge in [0.25, 0.3) is 10.1 Å². The molecule has 0 saturated carbocycles. The van der Waals surface area contributed by atoms with E-state index >= 15 is 0 Å². The van der Waals surface area contributed by atoms with E-state index in [1.54, 1.807) is 0 Å². The molecule has 3 N–H and O–H groups in total. The van der Waals surface area contributed by atoms with Gasteiger partial charge < -0.3 is 5.73 Å². The van der Waals surface area contributed by atoms with Gasteiger partial charge in [-0.25, -0.2) is 0 Å². The molecule has 0 bridgehead atoms. The molecule has 0 spiro atoms. The summed E-state index contributed by atoms with van der Waals surface area (Å²) in [6.07, 6.45) is 0. The molecule has 7 heteroatoms. The normalized spacial score (nSPS) is 12.7. The summed E-state index contributed by atoms with van der Waals surface area (Å²) in [5, 5.41) is -0.845. The Kier molecular flexibility index (Phi) is 13.4. The van der Waals surface area contributed by atoms with Crippen molar-refractivity contribution >= 4 is 69.2 Å². The predicted octanol–water partition coefficient (Wildman–Crippen LogP) is -2.08. The maximum atomic E-state index is 10.0. The SMILES string of the molecule is CC(CN)S(=O)(=O)O.[NaH].[NaH]. The molecule has 0 aliphatic rings. The van der Waals surface area contributed by atoms with Crippen molar-refractivity contribution in [2.45, 2.75) is 12.2 Å².